The Kier molecular flexibility index (Phi) is 6.26. The van der Waals surface area contributed by atoms with E-state index in [2.05, 4.69) is 16.0 Å². The molecule has 0 aromatic heterocycles. The van der Waals surface area contributed by atoms with Gasteiger partial charge in [0, 0.05) is 29.0 Å². The number of nitrogens with zero attached hydrogens (tertiary/aromatic N) is 1. The molecule has 0 aliphatic heterocycles. The zero-order chi connectivity index (χ0) is 19.1. The van der Waals surface area contributed by atoms with Gasteiger partial charge in [-0.05, 0) is 38.1 Å². The van der Waals surface area contributed by atoms with Gasteiger partial charge in [0.25, 0.3) is 5.69 Å². The van der Waals surface area contributed by atoms with Crippen LogP contribution in [0, 0.1) is 10.1 Å². The minimum atomic E-state index is -0.509. The molecule has 8 heteroatoms. The maximum absolute atomic E-state index is 12.1. The van der Waals surface area contributed by atoms with Crippen LogP contribution in [0.4, 0.5) is 21.9 Å². The van der Waals surface area contributed by atoms with Crippen LogP contribution in [0.25, 0.3) is 0 Å². The van der Waals surface area contributed by atoms with Gasteiger partial charge in [-0.3, -0.25) is 14.9 Å². The van der Waals surface area contributed by atoms with Crippen molar-refractivity contribution in [3.05, 3.63) is 64.2 Å². The fourth-order valence-corrected chi connectivity index (χ4v) is 2.28. The lowest BCUT2D eigenvalue weighted by Gasteiger charge is -2.11. The molecule has 0 saturated heterocycles. The number of hydrogen-bond acceptors (Lipinski definition) is 4. The summed E-state index contributed by atoms with van der Waals surface area (Å²) in [5.41, 5.74) is 1.38. The monoisotopic (exact) mass is 356 g/mol. The van der Waals surface area contributed by atoms with Gasteiger partial charge in [0.05, 0.1) is 11.3 Å². The van der Waals surface area contributed by atoms with Crippen molar-refractivity contribution in [2.24, 2.45) is 0 Å². The molecule has 0 aliphatic rings. The number of hydrogen-bond donors (Lipinski definition) is 3. The molecule has 26 heavy (non-hydrogen) atoms. The number of anilines is 2. The fourth-order valence-electron chi connectivity index (χ4n) is 2.28. The van der Waals surface area contributed by atoms with Crippen molar-refractivity contribution < 1.29 is 14.5 Å². The first kappa shape index (κ1) is 18.9. The number of benzene rings is 2. The third-order valence-electron chi connectivity index (χ3n) is 3.39. The van der Waals surface area contributed by atoms with E-state index in [1.165, 1.54) is 6.07 Å². The summed E-state index contributed by atoms with van der Waals surface area (Å²) in [6, 6.07) is 12.4. The van der Waals surface area contributed by atoms with E-state index < -0.39 is 4.92 Å². The van der Waals surface area contributed by atoms with Crippen LogP contribution in [0.1, 0.15) is 19.4 Å². The van der Waals surface area contributed by atoms with Crippen LogP contribution in [0.5, 0.6) is 0 Å². The molecule has 0 bridgehead atoms. The topological polar surface area (TPSA) is 113 Å². The van der Waals surface area contributed by atoms with Crippen LogP contribution in [-0.2, 0) is 11.2 Å². The molecule has 2 aromatic carbocycles. The van der Waals surface area contributed by atoms with Crippen LogP contribution in [0.3, 0.4) is 0 Å². The minimum Gasteiger partial charge on any atom is -0.336 e. The van der Waals surface area contributed by atoms with Crippen molar-refractivity contribution in [3.8, 4) is 0 Å². The predicted octanol–water partition coefficient (Wildman–Crippen LogP) is 3.31. The summed E-state index contributed by atoms with van der Waals surface area (Å²) >= 11 is 0. The SMILES string of the molecule is CC(C)NC(=O)Nc1ccc(NC(=O)Cc2ccccc2[N+](=O)[O-])cc1. The van der Waals surface area contributed by atoms with E-state index in [0.29, 0.717) is 16.9 Å². The molecule has 0 aliphatic carbocycles. The van der Waals surface area contributed by atoms with Crippen molar-refractivity contribution in [1.29, 1.82) is 0 Å². The number of rotatable bonds is 6. The summed E-state index contributed by atoms with van der Waals surface area (Å²) in [7, 11) is 0. The van der Waals surface area contributed by atoms with Gasteiger partial charge in [-0.25, -0.2) is 4.79 Å². The lowest BCUT2D eigenvalue weighted by molar-refractivity contribution is -0.385. The average molecular weight is 356 g/mol. The van der Waals surface area contributed by atoms with Crippen LogP contribution in [-0.4, -0.2) is 22.9 Å². The Bertz CT molecular complexity index is 803. The van der Waals surface area contributed by atoms with E-state index in [1.807, 2.05) is 13.8 Å². The summed E-state index contributed by atoms with van der Waals surface area (Å²) in [5, 5.41) is 19.0. The first-order valence-electron chi connectivity index (χ1n) is 8.05. The van der Waals surface area contributed by atoms with Crippen LogP contribution < -0.4 is 16.0 Å². The molecule has 0 radical (unpaired) electrons. The Hall–Kier alpha value is -3.42. The Morgan fingerprint density at radius 1 is 1.00 bits per heavy atom. The van der Waals surface area contributed by atoms with E-state index in [1.54, 1.807) is 42.5 Å². The molecular formula is C18H20N4O4. The first-order valence-corrected chi connectivity index (χ1v) is 8.05. The van der Waals surface area contributed by atoms with Crippen LogP contribution >= 0.6 is 0 Å². The highest BCUT2D eigenvalue weighted by Gasteiger charge is 2.15. The van der Waals surface area contributed by atoms with Crippen molar-refractivity contribution in [2.45, 2.75) is 26.3 Å². The maximum atomic E-state index is 12.1. The van der Waals surface area contributed by atoms with E-state index in [0.717, 1.165) is 0 Å². The normalized spacial score (nSPS) is 10.3. The molecule has 2 aromatic rings. The number of urea groups is 1. The van der Waals surface area contributed by atoms with Gasteiger partial charge < -0.3 is 16.0 Å². The number of carbonyl (C=O) groups is 2. The summed E-state index contributed by atoms with van der Waals surface area (Å²) < 4.78 is 0. The van der Waals surface area contributed by atoms with Crippen LogP contribution in [0.2, 0.25) is 0 Å². The molecule has 0 fully saturated rings. The van der Waals surface area contributed by atoms with Crippen molar-refractivity contribution in [1.82, 2.24) is 5.32 Å². The van der Waals surface area contributed by atoms with Gasteiger partial charge in [-0.15, -0.1) is 0 Å². The zero-order valence-electron chi connectivity index (χ0n) is 14.5. The molecule has 0 spiro atoms. The van der Waals surface area contributed by atoms with Gasteiger partial charge in [0.2, 0.25) is 5.91 Å². The van der Waals surface area contributed by atoms with Crippen molar-refractivity contribution in [2.75, 3.05) is 10.6 Å². The van der Waals surface area contributed by atoms with Gasteiger partial charge in [0.15, 0.2) is 0 Å². The molecule has 2 rings (SSSR count). The first-order chi connectivity index (χ1) is 12.3. The minimum absolute atomic E-state index is 0.0237. The summed E-state index contributed by atoms with van der Waals surface area (Å²) in [6.45, 7) is 3.71. The van der Waals surface area contributed by atoms with E-state index in [4.69, 9.17) is 0 Å². The molecule has 136 valence electrons. The fraction of sp³-hybridized carbons (Fsp3) is 0.222. The molecule has 0 heterocycles. The van der Waals surface area contributed by atoms with Gasteiger partial charge in [-0.2, -0.15) is 0 Å². The summed E-state index contributed by atoms with van der Waals surface area (Å²) in [6.07, 6.45) is -0.103. The summed E-state index contributed by atoms with van der Waals surface area (Å²) in [5.74, 6) is -0.363. The Balaban J connectivity index is 1.96. The van der Waals surface area contributed by atoms with E-state index in [-0.39, 0.29) is 30.1 Å². The highest BCUT2D eigenvalue weighted by molar-refractivity contribution is 5.93. The van der Waals surface area contributed by atoms with E-state index >= 15 is 0 Å². The van der Waals surface area contributed by atoms with Gasteiger partial charge in [0.1, 0.15) is 0 Å². The smallest absolute Gasteiger partial charge is 0.319 e. The second kappa shape index (κ2) is 8.61. The molecule has 0 saturated carbocycles. The molecular weight excluding hydrogens is 336 g/mol. The maximum Gasteiger partial charge on any atom is 0.319 e. The predicted molar refractivity (Wildman–Crippen MR) is 99.2 cm³/mol. The lowest BCUT2D eigenvalue weighted by atomic mass is 10.1. The molecule has 0 unspecified atom stereocenters. The number of nitro benzene ring substituents is 1. The van der Waals surface area contributed by atoms with Crippen LogP contribution in [0.15, 0.2) is 48.5 Å². The number of carbonyl (C=O) groups excluding carboxylic acids is 2. The molecule has 8 nitrogen and oxygen atoms in total. The number of nitro groups is 1. The Morgan fingerprint density at radius 3 is 2.15 bits per heavy atom. The number of para-hydroxylation sites is 1. The molecule has 3 amide bonds. The third-order valence-corrected chi connectivity index (χ3v) is 3.39. The molecule has 3 N–H and O–H groups in total. The Morgan fingerprint density at radius 2 is 1.58 bits per heavy atom. The standard InChI is InChI=1S/C18H20N4O4/c1-12(2)19-18(24)21-15-9-7-14(8-10-15)20-17(23)11-13-5-3-4-6-16(13)22(25)26/h3-10,12H,11H2,1-2H3,(H,20,23)(H2,19,21,24). The zero-order valence-corrected chi connectivity index (χ0v) is 14.5. The second-order valence-corrected chi connectivity index (χ2v) is 5.94. The Labute approximate surface area is 150 Å². The highest BCUT2D eigenvalue weighted by atomic mass is 16.6. The average Bonchev–Trinajstić information content (AvgIpc) is 2.56. The quantitative estimate of drug-likeness (QED) is 0.544. The van der Waals surface area contributed by atoms with Crippen molar-refractivity contribution >= 4 is 29.0 Å². The van der Waals surface area contributed by atoms with Gasteiger partial charge in [-0.1, -0.05) is 18.2 Å². The van der Waals surface area contributed by atoms with E-state index in [9.17, 15) is 19.7 Å². The van der Waals surface area contributed by atoms with Gasteiger partial charge >= 0.3 is 6.03 Å². The third kappa shape index (κ3) is 5.59. The van der Waals surface area contributed by atoms with Crippen molar-refractivity contribution in [3.63, 3.8) is 0 Å². The number of nitrogens with one attached hydrogen (secondary N) is 3. The number of amides is 3. The summed E-state index contributed by atoms with van der Waals surface area (Å²) in [4.78, 5) is 34.2. The second-order valence-electron chi connectivity index (χ2n) is 5.94. The highest BCUT2D eigenvalue weighted by Crippen LogP contribution is 2.19. The largest absolute Gasteiger partial charge is 0.336 e. The molecule has 0 atom stereocenters. The lowest BCUT2D eigenvalue weighted by Crippen LogP contribution is -2.34.